The highest BCUT2D eigenvalue weighted by atomic mass is 79.9. The Labute approximate surface area is 95.2 Å². The fourth-order valence-electron chi connectivity index (χ4n) is 0.904. The predicted molar refractivity (Wildman–Crippen MR) is 61.6 cm³/mol. The minimum Gasteiger partial charge on any atom is -0.361 e. The van der Waals surface area contributed by atoms with Gasteiger partial charge in [0, 0.05) is 24.9 Å². The average Bonchev–Trinajstić information content (AvgIpc) is 2.52. The molecule has 0 saturated carbocycles. The molecule has 0 aliphatic rings. The highest BCUT2D eigenvalue weighted by Crippen LogP contribution is 2.18. The monoisotopic (exact) mass is 277 g/mol. The zero-order valence-electron chi connectivity index (χ0n) is 7.84. The zero-order valence-corrected chi connectivity index (χ0v) is 10.2. The Morgan fingerprint density at radius 2 is 2.50 bits per heavy atom. The largest absolute Gasteiger partial charge is 0.361 e. The van der Waals surface area contributed by atoms with Gasteiger partial charge in [0.2, 0.25) is 5.91 Å². The Kier molecular flexibility index (Phi) is 4.89. The third kappa shape index (κ3) is 4.06. The summed E-state index contributed by atoms with van der Waals surface area (Å²) in [5.74, 6) is 0.0654. The first-order valence-corrected chi connectivity index (χ1v) is 6.01. The van der Waals surface area contributed by atoms with Crippen LogP contribution in [-0.2, 0) is 4.79 Å². The Bertz CT molecular complexity index is 303. The van der Waals surface area contributed by atoms with E-state index in [1.165, 1.54) is 11.3 Å². The normalized spacial score (nSPS) is 9.86. The van der Waals surface area contributed by atoms with Crippen LogP contribution >= 0.6 is 27.3 Å². The Hall–Kier alpha value is -0.620. The van der Waals surface area contributed by atoms with E-state index in [1.54, 1.807) is 0 Å². The van der Waals surface area contributed by atoms with E-state index >= 15 is 0 Å². The van der Waals surface area contributed by atoms with Gasteiger partial charge in [0.1, 0.15) is 4.60 Å². The van der Waals surface area contributed by atoms with Crippen LogP contribution in [0.1, 0.15) is 13.3 Å². The molecule has 0 saturated heterocycles. The number of nitrogens with one attached hydrogen (secondary N) is 2. The Morgan fingerprint density at radius 1 is 1.71 bits per heavy atom. The lowest BCUT2D eigenvalue weighted by Gasteiger charge is -2.02. The minimum absolute atomic E-state index is 0.0654. The molecule has 0 radical (unpaired) electrons. The SMILES string of the molecule is CCNC(=O)CCNc1nc(Br)cs1. The summed E-state index contributed by atoms with van der Waals surface area (Å²) < 4.78 is 0.822. The van der Waals surface area contributed by atoms with Gasteiger partial charge in [-0.25, -0.2) is 4.98 Å². The molecule has 78 valence electrons. The van der Waals surface area contributed by atoms with Crippen molar-refractivity contribution in [2.75, 3.05) is 18.4 Å². The van der Waals surface area contributed by atoms with Crippen molar-refractivity contribution in [2.24, 2.45) is 0 Å². The zero-order chi connectivity index (χ0) is 10.4. The van der Waals surface area contributed by atoms with Gasteiger partial charge in [-0.1, -0.05) is 0 Å². The molecule has 14 heavy (non-hydrogen) atoms. The molecule has 0 aliphatic carbocycles. The van der Waals surface area contributed by atoms with Gasteiger partial charge in [0.05, 0.1) is 0 Å². The lowest BCUT2D eigenvalue weighted by Crippen LogP contribution is -2.24. The third-order valence-electron chi connectivity index (χ3n) is 1.48. The Balaban J connectivity index is 2.18. The number of hydrogen-bond donors (Lipinski definition) is 2. The highest BCUT2D eigenvalue weighted by molar-refractivity contribution is 9.10. The molecule has 0 fully saturated rings. The van der Waals surface area contributed by atoms with Crippen LogP contribution in [0.3, 0.4) is 0 Å². The predicted octanol–water partition coefficient (Wildman–Crippen LogP) is 1.84. The van der Waals surface area contributed by atoms with E-state index < -0.39 is 0 Å². The van der Waals surface area contributed by atoms with E-state index in [-0.39, 0.29) is 5.91 Å². The first kappa shape index (κ1) is 11.5. The van der Waals surface area contributed by atoms with Gasteiger partial charge < -0.3 is 10.6 Å². The van der Waals surface area contributed by atoms with Crippen molar-refractivity contribution < 1.29 is 4.79 Å². The molecule has 2 N–H and O–H groups in total. The van der Waals surface area contributed by atoms with Crippen LogP contribution in [-0.4, -0.2) is 24.0 Å². The molecule has 1 rings (SSSR count). The van der Waals surface area contributed by atoms with Crippen LogP contribution in [0.4, 0.5) is 5.13 Å². The summed E-state index contributed by atoms with van der Waals surface area (Å²) in [4.78, 5) is 15.2. The molecule has 6 heteroatoms. The maximum atomic E-state index is 11.1. The second kappa shape index (κ2) is 5.98. The molecular formula is C8H12BrN3OS. The number of thiazole rings is 1. The number of rotatable bonds is 5. The number of hydrogen-bond acceptors (Lipinski definition) is 4. The van der Waals surface area contributed by atoms with Crippen molar-refractivity contribution in [3.63, 3.8) is 0 Å². The first-order valence-electron chi connectivity index (χ1n) is 4.34. The average molecular weight is 278 g/mol. The molecule has 0 spiro atoms. The van der Waals surface area contributed by atoms with Crippen molar-refractivity contribution in [3.8, 4) is 0 Å². The van der Waals surface area contributed by atoms with Gasteiger partial charge in [-0.3, -0.25) is 4.79 Å². The number of aromatic nitrogens is 1. The van der Waals surface area contributed by atoms with Crippen LogP contribution in [0.5, 0.6) is 0 Å². The molecular weight excluding hydrogens is 266 g/mol. The van der Waals surface area contributed by atoms with Gasteiger partial charge >= 0.3 is 0 Å². The van der Waals surface area contributed by atoms with Gasteiger partial charge in [0.25, 0.3) is 0 Å². The summed E-state index contributed by atoms with van der Waals surface area (Å²) in [5.41, 5.74) is 0. The molecule has 0 aromatic carbocycles. The number of nitrogens with zero attached hydrogens (tertiary/aromatic N) is 1. The molecule has 0 bridgehead atoms. The van der Waals surface area contributed by atoms with Crippen molar-refractivity contribution >= 4 is 38.3 Å². The molecule has 1 heterocycles. The quantitative estimate of drug-likeness (QED) is 0.864. The van der Waals surface area contributed by atoms with E-state index in [4.69, 9.17) is 0 Å². The third-order valence-corrected chi connectivity index (χ3v) is 2.99. The molecule has 1 aromatic rings. The van der Waals surface area contributed by atoms with Gasteiger partial charge in [0.15, 0.2) is 5.13 Å². The molecule has 0 aliphatic heterocycles. The summed E-state index contributed by atoms with van der Waals surface area (Å²) in [6.45, 7) is 3.21. The fourth-order valence-corrected chi connectivity index (χ4v) is 2.08. The summed E-state index contributed by atoms with van der Waals surface area (Å²) in [6, 6.07) is 0. The maximum absolute atomic E-state index is 11.1. The Morgan fingerprint density at radius 3 is 3.07 bits per heavy atom. The van der Waals surface area contributed by atoms with Crippen molar-refractivity contribution in [3.05, 3.63) is 9.98 Å². The number of carbonyl (C=O) groups is 1. The summed E-state index contributed by atoms with van der Waals surface area (Å²) in [6.07, 6.45) is 0.477. The lowest BCUT2D eigenvalue weighted by molar-refractivity contribution is -0.120. The standard InChI is InChI=1S/C8H12BrN3OS/c1-2-10-7(13)3-4-11-8-12-6(9)5-14-8/h5H,2-4H2,1H3,(H,10,13)(H,11,12). The van der Waals surface area contributed by atoms with Gasteiger partial charge in [-0.15, -0.1) is 11.3 Å². The van der Waals surface area contributed by atoms with E-state index in [1.807, 2.05) is 12.3 Å². The second-order valence-electron chi connectivity index (χ2n) is 2.61. The van der Waals surface area contributed by atoms with Crippen molar-refractivity contribution in [1.82, 2.24) is 10.3 Å². The molecule has 1 aromatic heterocycles. The highest BCUT2D eigenvalue weighted by Gasteiger charge is 2.01. The summed E-state index contributed by atoms with van der Waals surface area (Å²) in [7, 11) is 0. The maximum Gasteiger partial charge on any atom is 0.221 e. The van der Waals surface area contributed by atoms with Gasteiger partial charge in [-0.05, 0) is 22.9 Å². The smallest absolute Gasteiger partial charge is 0.221 e. The topological polar surface area (TPSA) is 54.0 Å². The van der Waals surface area contributed by atoms with Crippen LogP contribution in [0.15, 0.2) is 9.98 Å². The van der Waals surface area contributed by atoms with E-state index in [2.05, 4.69) is 31.5 Å². The first-order chi connectivity index (χ1) is 6.72. The molecule has 0 atom stereocenters. The fraction of sp³-hybridized carbons (Fsp3) is 0.500. The van der Waals surface area contributed by atoms with Crippen molar-refractivity contribution in [1.29, 1.82) is 0 Å². The molecule has 4 nitrogen and oxygen atoms in total. The summed E-state index contributed by atoms with van der Waals surface area (Å²) in [5, 5.41) is 8.53. The number of carbonyl (C=O) groups excluding carboxylic acids is 1. The van der Waals surface area contributed by atoms with Gasteiger partial charge in [-0.2, -0.15) is 0 Å². The molecule has 0 unspecified atom stereocenters. The van der Waals surface area contributed by atoms with E-state index in [9.17, 15) is 4.79 Å². The molecule has 1 amide bonds. The van der Waals surface area contributed by atoms with Crippen LogP contribution < -0.4 is 10.6 Å². The second-order valence-corrected chi connectivity index (χ2v) is 4.28. The van der Waals surface area contributed by atoms with Crippen molar-refractivity contribution in [2.45, 2.75) is 13.3 Å². The number of halogens is 1. The summed E-state index contributed by atoms with van der Waals surface area (Å²) >= 11 is 4.77. The van der Waals surface area contributed by atoms with E-state index in [0.717, 1.165) is 9.73 Å². The number of anilines is 1. The lowest BCUT2D eigenvalue weighted by atomic mass is 10.4. The van der Waals surface area contributed by atoms with E-state index in [0.29, 0.717) is 19.5 Å². The van der Waals surface area contributed by atoms with Crippen LogP contribution in [0, 0.1) is 0 Å². The van der Waals surface area contributed by atoms with Crippen LogP contribution in [0.25, 0.3) is 0 Å². The van der Waals surface area contributed by atoms with Crippen LogP contribution in [0.2, 0.25) is 0 Å². The number of amides is 1. The minimum atomic E-state index is 0.0654.